The molecule has 0 unspecified atom stereocenters. The number of methoxy groups -OCH3 is 1. The molecule has 0 spiro atoms. The summed E-state index contributed by atoms with van der Waals surface area (Å²) in [5, 5.41) is 0. The van der Waals surface area contributed by atoms with Gasteiger partial charge in [0.15, 0.2) is 5.60 Å². The number of nitrogens with zero attached hydrogens (tertiary/aromatic N) is 1. The highest BCUT2D eigenvalue weighted by Crippen LogP contribution is 2.59. The first-order valence-electron chi connectivity index (χ1n) is 9.65. The molecule has 1 atom stereocenters. The SMILES string of the molecule is COC(=O)CC1CCN(C(=O)C(C)(C)Oc2ccc([C@@H]3CC3(Cl)Cl)cc2)CC1. The molecule has 154 valence electrons. The number of carbonyl (C=O) groups excluding carboxylic acids is 2. The van der Waals surface area contributed by atoms with E-state index in [4.69, 9.17) is 32.7 Å². The number of ether oxygens (including phenoxy) is 2. The van der Waals surface area contributed by atoms with Gasteiger partial charge < -0.3 is 14.4 Å². The van der Waals surface area contributed by atoms with Gasteiger partial charge in [-0.2, -0.15) is 0 Å². The number of carbonyl (C=O) groups is 2. The molecule has 1 aromatic rings. The van der Waals surface area contributed by atoms with Crippen LogP contribution in [0.15, 0.2) is 24.3 Å². The molecule has 1 saturated carbocycles. The molecule has 1 aliphatic carbocycles. The fourth-order valence-corrected chi connectivity index (χ4v) is 4.28. The molecule has 0 radical (unpaired) electrons. The third-order valence-corrected chi connectivity index (χ3v) is 6.42. The van der Waals surface area contributed by atoms with Crippen LogP contribution in [-0.2, 0) is 14.3 Å². The molecule has 28 heavy (non-hydrogen) atoms. The van der Waals surface area contributed by atoms with Crippen LogP contribution < -0.4 is 4.74 Å². The molecule has 7 heteroatoms. The van der Waals surface area contributed by atoms with Crippen molar-refractivity contribution < 1.29 is 19.1 Å². The monoisotopic (exact) mass is 427 g/mol. The normalized spacial score (nSPS) is 21.9. The maximum atomic E-state index is 13.0. The van der Waals surface area contributed by atoms with Crippen LogP contribution in [0.25, 0.3) is 0 Å². The second-order valence-electron chi connectivity index (χ2n) is 8.21. The van der Waals surface area contributed by atoms with Crippen molar-refractivity contribution in [1.29, 1.82) is 0 Å². The molecule has 1 saturated heterocycles. The van der Waals surface area contributed by atoms with E-state index in [0.29, 0.717) is 25.3 Å². The Hall–Kier alpha value is -1.46. The summed E-state index contributed by atoms with van der Waals surface area (Å²) >= 11 is 12.2. The van der Waals surface area contributed by atoms with Crippen molar-refractivity contribution in [3.05, 3.63) is 29.8 Å². The number of halogens is 2. The van der Waals surface area contributed by atoms with Crippen molar-refractivity contribution in [1.82, 2.24) is 4.90 Å². The summed E-state index contributed by atoms with van der Waals surface area (Å²) < 4.78 is 10.1. The number of likely N-dealkylation sites (tertiary alicyclic amines) is 1. The number of hydrogen-bond acceptors (Lipinski definition) is 4. The topological polar surface area (TPSA) is 55.8 Å². The van der Waals surface area contributed by atoms with E-state index in [1.54, 1.807) is 13.8 Å². The van der Waals surface area contributed by atoms with Gasteiger partial charge in [0.1, 0.15) is 10.1 Å². The van der Waals surface area contributed by atoms with Gasteiger partial charge in [0.05, 0.1) is 7.11 Å². The quantitative estimate of drug-likeness (QED) is 0.501. The Labute approximate surface area is 176 Å². The van der Waals surface area contributed by atoms with Crippen molar-refractivity contribution in [3.8, 4) is 5.75 Å². The Balaban J connectivity index is 1.54. The summed E-state index contributed by atoms with van der Waals surface area (Å²) in [5.74, 6) is 0.829. The summed E-state index contributed by atoms with van der Waals surface area (Å²) in [6, 6.07) is 7.61. The zero-order valence-corrected chi connectivity index (χ0v) is 18.1. The minimum atomic E-state index is -0.973. The number of benzene rings is 1. The zero-order chi connectivity index (χ0) is 20.5. The molecular formula is C21H27Cl2NO4. The van der Waals surface area contributed by atoms with Crippen LogP contribution in [0.3, 0.4) is 0 Å². The summed E-state index contributed by atoms with van der Waals surface area (Å²) in [6.45, 7) is 4.82. The lowest BCUT2D eigenvalue weighted by molar-refractivity contribution is -0.147. The highest BCUT2D eigenvalue weighted by Gasteiger charge is 2.52. The van der Waals surface area contributed by atoms with Gasteiger partial charge in [0.25, 0.3) is 5.91 Å². The molecule has 1 amide bonds. The van der Waals surface area contributed by atoms with Gasteiger partial charge in [-0.3, -0.25) is 9.59 Å². The average Bonchev–Trinajstić information content (AvgIpc) is 3.30. The first-order valence-corrected chi connectivity index (χ1v) is 10.4. The Morgan fingerprint density at radius 2 is 1.75 bits per heavy atom. The maximum absolute atomic E-state index is 13.0. The highest BCUT2D eigenvalue weighted by atomic mass is 35.5. The Morgan fingerprint density at radius 3 is 2.25 bits per heavy atom. The van der Waals surface area contributed by atoms with Gasteiger partial charge in [-0.25, -0.2) is 0 Å². The molecule has 2 aliphatic rings. The van der Waals surface area contributed by atoms with Gasteiger partial charge >= 0.3 is 5.97 Å². The molecular weight excluding hydrogens is 401 g/mol. The summed E-state index contributed by atoms with van der Waals surface area (Å²) in [4.78, 5) is 26.2. The Bertz CT molecular complexity index is 724. The van der Waals surface area contributed by atoms with Crippen molar-refractivity contribution in [2.24, 2.45) is 5.92 Å². The zero-order valence-electron chi connectivity index (χ0n) is 16.5. The van der Waals surface area contributed by atoms with Crippen LogP contribution in [0.4, 0.5) is 0 Å². The molecule has 0 bridgehead atoms. The highest BCUT2D eigenvalue weighted by molar-refractivity contribution is 6.51. The standard InChI is InChI=1S/C21H27Cl2NO4/c1-20(2,19(26)24-10-8-14(9-11-24)12-18(25)27-3)28-16-6-4-15(5-7-16)17-13-21(17,22)23/h4-7,14,17H,8-13H2,1-3H3/t17-/m0/s1. The molecule has 1 aliphatic heterocycles. The van der Waals surface area contributed by atoms with Crippen molar-refractivity contribution in [2.45, 2.75) is 55.4 Å². The second kappa shape index (κ2) is 8.11. The molecule has 2 fully saturated rings. The van der Waals surface area contributed by atoms with Crippen molar-refractivity contribution >= 4 is 35.1 Å². The maximum Gasteiger partial charge on any atom is 0.305 e. The Morgan fingerprint density at radius 1 is 1.18 bits per heavy atom. The number of piperidine rings is 1. The molecule has 0 aromatic heterocycles. The van der Waals surface area contributed by atoms with Crippen LogP contribution in [0.5, 0.6) is 5.75 Å². The molecule has 5 nitrogen and oxygen atoms in total. The number of hydrogen-bond donors (Lipinski definition) is 0. The van der Waals surface area contributed by atoms with E-state index < -0.39 is 9.93 Å². The van der Waals surface area contributed by atoms with Crippen molar-refractivity contribution in [3.63, 3.8) is 0 Å². The molecule has 1 aromatic carbocycles. The van der Waals surface area contributed by atoms with Gasteiger partial charge in [-0.1, -0.05) is 12.1 Å². The third kappa shape index (κ3) is 4.93. The lowest BCUT2D eigenvalue weighted by Gasteiger charge is -2.36. The first-order chi connectivity index (χ1) is 13.1. The number of amides is 1. The van der Waals surface area contributed by atoms with E-state index in [1.807, 2.05) is 29.2 Å². The minimum Gasteiger partial charge on any atom is -0.478 e. The van der Waals surface area contributed by atoms with E-state index in [2.05, 4.69) is 0 Å². The van der Waals surface area contributed by atoms with Gasteiger partial charge in [-0.15, -0.1) is 23.2 Å². The van der Waals surface area contributed by atoms with Gasteiger partial charge in [-0.05, 0) is 56.7 Å². The van der Waals surface area contributed by atoms with E-state index in [9.17, 15) is 9.59 Å². The minimum absolute atomic E-state index is 0.0455. The van der Waals surface area contributed by atoms with E-state index in [0.717, 1.165) is 24.8 Å². The lowest BCUT2D eigenvalue weighted by Crippen LogP contribution is -2.51. The fourth-order valence-electron chi connectivity index (χ4n) is 3.72. The number of esters is 1. The Kier molecular flexibility index (Phi) is 6.16. The molecule has 3 rings (SSSR count). The van der Waals surface area contributed by atoms with Crippen LogP contribution in [-0.4, -0.2) is 46.9 Å². The summed E-state index contributed by atoms with van der Waals surface area (Å²) in [5.41, 5.74) is 0.105. The van der Waals surface area contributed by atoms with Crippen molar-refractivity contribution in [2.75, 3.05) is 20.2 Å². The molecule has 1 heterocycles. The predicted molar refractivity (Wildman–Crippen MR) is 109 cm³/mol. The summed E-state index contributed by atoms with van der Waals surface area (Å²) in [7, 11) is 1.40. The van der Waals surface area contributed by atoms with E-state index >= 15 is 0 Å². The van der Waals surface area contributed by atoms with Crippen LogP contribution >= 0.6 is 23.2 Å². The number of alkyl halides is 2. The summed E-state index contributed by atoms with van der Waals surface area (Å²) in [6.07, 6.45) is 2.76. The second-order valence-corrected chi connectivity index (χ2v) is 9.76. The number of rotatable bonds is 6. The van der Waals surface area contributed by atoms with Crippen LogP contribution in [0, 0.1) is 5.92 Å². The van der Waals surface area contributed by atoms with Gasteiger partial charge in [0, 0.05) is 25.4 Å². The van der Waals surface area contributed by atoms with Crippen LogP contribution in [0.1, 0.15) is 51.0 Å². The van der Waals surface area contributed by atoms with E-state index in [-0.39, 0.29) is 23.7 Å². The fraction of sp³-hybridized carbons (Fsp3) is 0.619. The van der Waals surface area contributed by atoms with E-state index in [1.165, 1.54) is 7.11 Å². The smallest absolute Gasteiger partial charge is 0.305 e. The average molecular weight is 428 g/mol. The predicted octanol–water partition coefficient (Wildman–Crippen LogP) is 4.31. The third-order valence-electron chi connectivity index (χ3n) is 5.58. The van der Waals surface area contributed by atoms with Gasteiger partial charge in [0.2, 0.25) is 0 Å². The lowest BCUT2D eigenvalue weighted by atomic mass is 9.92. The molecule has 0 N–H and O–H groups in total. The largest absolute Gasteiger partial charge is 0.478 e. The van der Waals surface area contributed by atoms with Crippen LogP contribution in [0.2, 0.25) is 0 Å². The first kappa shape index (κ1) is 21.3.